The summed E-state index contributed by atoms with van der Waals surface area (Å²) in [6.07, 6.45) is 4.30. The van der Waals surface area contributed by atoms with E-state index in [4.69, 9.17) is 4.74 Å². The number of benzene rings is 1. The van der Waals surface area contributed by atoms with Crippen molar-refractivity contribution in [1.82, 2.24) is 25.4 Å². The largest absolute Gasteiger partial charge is 0.377 e. The van der Waals surface area contributed by atoms with E-state index in [-0.39, 0.29) is 6.04 Å². The van der Waals surface area contributed by atoms with E-state index in [0.29, 0.717) is 6.61 Å². The number of methoxy groups -OCH3 is 1. The van der Waals surface area contributed by atoms with E-state index in [2.05, 4.69) is 55.9 Å². The number of guanidine groups is 1. The molecule has 0 amide bonds. The van der Waals surface area contributed by atoms with Crippen molar-refractivity contribution in [2.24, 2.45) is 4.99 Å². The standard InChI is InChI=1S/C21H31N7O/c1-22-21(23-12-15-6-8-18-16(11-15)5-4-10-27(18)2)24-17-7-9-20-25-19(14-29-3)26-28(20)13-17/h6,8,11,17H,4-5,7,9-10,12-14H2,1-3H3,(H2,22,23,24). The molecule has 2 aliphatic heterocycles. The van der Waals surface area contributed by atoms with Crippen LogP contribution in [0.25, 0.3) is 0 Å². The Morgan fingerprint density at radius 2 is 2.24 bits per heavy atom. The lowest BCUT2D eigenvalue weighted by molar-refractivity contribution is 0.177. The van der Waals surface area contributed by atoms with Gasteiger partial charge in [0.25, 0.3) is 0 Å². The minimum Gasteiger partial charge on any atom is -0.377 e. The van der Waals surface area contributed by atoms with Crippen molar-refractivity contribution in [3.05, 3.63) is 41.0 Å². The molecular weight excluding hydrogens is 366 g/mol. The molecule has 29 heavy (non-hydrogen) atoms. The van der Waals surface area contributed by atoms with Crippen LogP contribution >= 0.6 is 0 Å². The Balaban J connectivity index is 1.33. The number of hydrogen-bond donors (Lipinski definition) is 2. The Hall–Kier alpha value is -2.61. The minimum absolute atomic E-state index is 0.281. The number of hydrogen-bond acceptors (Lipinski definition) is 5. The summed E-state index contributed by atoms with van der Waals surface area (Å²) in [6, 6.07) is 7.06. The smallest absolute Gasteiger partial charge is 0.191 e. The van der Waals surface area contributed by atoms with Gasteiger partial charge in [-0.3, -0.25) is 4.99 Å². The van der Waals surface area contributed by atoms with Crippen molar-refractivity contribution < 1.29 is 4.74 Å². The van der Waals surface area contributed by atoms with Gasteiger partial charge in [0.2, 0.25) is 0 Å². The molecule has 0 radical (unpaired) electrons. The Kier molecular flexibility index (Phi) is 5.99. The van der Waals surface area contributed by atoms with Gasteiger partial charge >= 0.3 is 0 Å². The highest BCUT2D eigenvalue weighted by Crippen LogP contribution is 2.26. The first-order chi connectivity index (χ1) is 14.2. The van der Waals surface area contributed by atoms with Crippen molar-refractivity contribution in [3.8, 4) is 0 Å². The van der Waals surface area contributed by atoms with E-state index in [1.807, 2.05) is 11.7 Å². The second kappa shape index (κ2) is 8.82. The molecule has 0 saturated carbocycles. The average Bonchev–Trinajstić information content (AvgIpc) is 3.13. The molecule has 4 rings (SSSR count). The number of aromatic nitrogens is 3. The monoisotopic (exact) mass is 397 g/mol. The highest BCUT2D eigenvalue weighted by Gasteiger charge is 2.22. The van der Waals surface area contributed by atoms with Gasteiger partial charge in [-0.05, 0) is 36.5 Å². The topological polar surface area (TPSA) is 79.6 Å². The summed E-state index contributed by atoms with van der Waals surface area (Å²) >= 11 is 0. The molecule has 0 spiro atoms. The first-order valence-electron chi connectivity index (χ1n) is 10.4. The van der Waals surface area contributed by atoms with Crippen molar-refractivity contribution in [2.45, 2.75) is 51.4 Å². The van der Waals surface area contributed by atoms with Crippen molar-refractivity contribution >= 4 is 11.6 Å². The van der Waals surface area contributed by atoms with Gasteiger partial charge < -0.3 is 20.3 Å². The van der Waals surface area contributed by atoms with Crippen molar-refractivity contribution in [3.63, 3.8) is 0 Å². The molecule has 2 aromatic rings. The summed E-state index contributed by atoms with van der Waals surface area (Å²) in [5.41, 5.74) is 4.09. The number of ether oxygens (including phenoxy) is 1. The van der Waals surface area contributed by atoms with Crippen molar-refractivity contribution in [2.75, 3.05) is 32.6 Å². The zero-order valence-electron chi connectivity index (χ0n) is 17.6. The summed E-state index contributed by atoms with van der Waals surface area (Å²) in [5, 5.41) is 11.5. The Bertz CT molecular complexity index is 876. The van der Waals surface area contributed by atoms with Crippen LogP contribution < -0.4 is 15.5 Å². The zero-order chi connectivity index (χ0) is 20.2. The Labute approximate surface area is 172 Å². The van der Waals surface area contributed by atoms with Crippen LogP contribution in [-0.4, -0.2) is 54.5 Å². The minimum atomic E-state index is 0.281. The van der Waals surface area contributed by atoms with E-state index < -0.39 is 0 Å². The number of aryl methyl sites for hydroxylation is 2. The molecule has 1 aromatic carbocycles. The predicted octanol–water partition coefficient (Wildman–Crippen LogP) is 1.49. The quantitative estimate of drug-likeness (QED) is 0.588. The fourth-order valence-electron chi connectivity index (χ4n) is 4.19. The molecule has 0 aliphatic carbocycles. The van der Waals surface area contributed by atoms with E-state index >= 15 is 0 Å². The van der Waals surface area contributed by atoms with Crippen LogP contribution in [0.4, 0.5) is 5.69 Å². The van der Waals surface area contributed by atoms with Crippen LogP contribution in [-0.2, 0) is 37.3 Å². The maximum Gasteiger partial charge on any atom is 0.191 e. The molecule has 0 fully saturated rings. The number of nitrogens with zero attached hydrogens (tertiary/aromatic N) is 5. The van der Waals surface area contributed by atoms with Gasteiger partial charge in [0.1, 0.15) is 12.4 Å². The average molecular weight is 398 g/mol. The van der Waals surface area contributed by atoms with Crippen LogP contribution in [0.5, 0.6) is 0 Å². The molecule has 0 saturated heterocycles. The molecule has 156 valence electrons. The summed E-state index contributed by atoms with van der Waals surface area (Å²) in [7, 11) is 5.66. The summed E-state index contributed by atoms with van der Waals surface area (Å²) < 4.78 is 7.13. The van der Waals surface area contributed by atoms with Gasteiger partial charge in [-0.25, -0.2) is 9.67 Å². The maximum absolute atomic E-state index is 5.14. The number of rotatable bonds is 5. The normalized spacial score (nSPS) is 18.9. The number of anilines is 1. The third-order valence-corrected chi connectivity index (χ3v) is 5.69. The van der Waals surface area contributed by atoms with Crippen LogP contribution in [0.2, 0.25) is 0 Å². The molecule has 8 nitrogen and oxygen atoms in total. The van der Waals surface area contributed by atoms with Crippen molar-refractivity contribution in [1.29, 1.82) is 0 Å². The number of aliphatic imine (C=N–C) groups is 1. The first-order valence-corrected chi connectivity index (χ1v) is 10.4. The molecule has 8 heteroatoms. The fraction of sp³-hybridized carbons (Fsp3) is 0.571. The van der Waals surface area contributed by atoms with E-state index in [1.165, 1.54) is 23.2 Å². The van der Waals surface area contributed by atoms with Gasteiger partial charge in [-0.1, -0.05) is 12.1 Å². The molecule has 2 N–H and O–H groups in total. The Morgan fingerprint density at radius 3 is 3.07 bits per heavy atom. The Morgan fingerprint density at radius 1 is 1.34 bits per heavy atom. The molecule has 1 unspecified atom stereocenters. The molecule has 0 bridgehead atoms. The van der Waals surface area contributed by atoms with Gasteiger partial charge in [-0.15, -0.1) is 0 Å². The van der Waals surface area contributed by atoms with Crippen LogP contribution in [0, 0.1) is 0 Å². The predicted molar refractivity (Wildman–Crippen MR) is 114 cm³/mol. The number of nitrogens with one attached hydrogen (secondary N) is 2. The molecule has 2 aliphatic rings. The van der Waals surface area contributed by atoms with E-state index in [0.717, 1.165) is 56.5 Å². The molecule has 3 heterocycles. The summed E-state index contributed by atoms with van der Waals surface area (Å²) in [6.45, 7) is 3.15. The van der Waals surface area contributed by atoms with Crippen LogP contribution in [0.15, 0.2) is 23.2 Å². The zero-order valence-corrected chi connectivity index (χ0v) is 17.6. The molecule has 1 atom stereocenters. The second-order valence-corrected chi connectivity index (χ2v) is 7.85. The lowest BCUT2D eigenvalue weighted by Gasteiger charge is -2.28. The summed E-state index contributed by atoms with van der Waals surface area (Å²) in [5.74, 6) is 2.62. The van der Waals surface area contributed by atoms with Gasteiger partial charge in [0, 0.05) is 52.4 Å². The second-order valence-electron chi connectivity index (χ2n) is 7.85. The van der Waals surface area contributed by atoms with E-state index in [9.17, 15) is 0 Å². The van der Waals surface area contributed by atoms with Crippen LogP contribution in [0.1, 0.15) is 35.6 Å². The maximum atomic E-state index is 5.14. The van der Waals surface area contributed by atoms with Gasteiger partial charge in [0.15, 0.2) is 11.8 Å². The van der Waals surface area contributed by atoms with E-state index in [1.54, 1.807) is 7.11 Å². The first kappa shape index (κ1) is 19.7. The lowest BCUT2D eigenvalue weighted by Crippen LogP contribution is -2.46. The SMILES string of the molecule is CN=C(NCc1ccc2c(c1)CCCN2C)NC1CCc2nc(COC)nn2C1. The van der Waals surface area contributed by atoms with Gasteiger partial charge in [0.05, 0.1) is 6.54 Å². The highest BCUT2D eigenvalue weighted by atomic mass is 16.5. The third-order valence-electron chi connectivity index (χ3n) is 5.69. The molecular formula is C21H31N7O. The third kappa shape index (κ3) is 4.53. The molecule has 1 aromatic heterocycles. The lowest BCUT2D eigenvalue weighted by atomic mass is 9.99. The number of fused-ring (bicyclic) bond motifs is 2. The summed E-state index contributed by atoms with van der Waals surface area (Å²) in [4.78, 5) is 11.3. The fourth-order valence-corrected chi connectivity index (χ4v) is 4.19. The van der Waals surface area contributed by atoms with Gasteiger partial charge in [-0.2, -0.15) is 5.10 Å². The van der Waals surface area contributed by atoms with Crippen LogP contribution in [0.3, 0.4) is 0 Å². The highest BCUT2D eigenvalue weighted by molar-refractivity contribution is 5.80.